The summed E-state index contributed by atoms with van der Waals surface area (Å²) in [5, 5.41) is 0. The SMILES string of the molecule is CCCC[CH][Si](CCCCC)(CCCCC)CCCCC. The third-order valence-corrected chi connectivity index (χ3v) is 10.2. The normalized spacial score (nSPS) is 12.0. The van der Waals surface area contributed by atoms with Gasteiger partial charge in [0.25, 0.3) is 0 Å². The lowest BCUT2D eigenvalue weighted by Gasteiger charge is -2.32. The Kier molecular flexibility index (Phi) is 15.3. The minimum absolute atomic E-state index is 1.07. The van der Waals surface area contributed by atoms with Gasteiger partial charge in [-0.05, 0) is 6.04 Å². The van der Waals surface area contributed by atoms with Crippen molar-refractivity contribution in [2.45, 2.75) is 123 Å². The lowest BCUT2D eigenvalue weighted by atomic mass is 10.3. The highest BCUT2D eigenvalue weighted by atomic mass is 28.3. The van der Waals surface area contributed by atoms with E-state index in [-0.39, 0.29) is 0 Å². The van der Waals surface area contributed by atoms with Gasteiger partial charge in [0.1, 0.15) is 0 Å². The van der Waals surface area contributed by atoms with Gasteiger partial charge in [0.15, 0.2) is 0 Å². The summed E-state index contributed by atoms with van der Waals surface area (Å²) in [7, 11) is -1.07. The van der Waals surface area contributed by atoms with Crippen molar-refractivity contribution in [2.24, 2.45) is 0 Å². The third-order valence-electron chi connectivity index (χ3n) is 4.97. The second-order valence-electron chi connectivity index (χ2n) is 7.08. The monoisotopic (exact) mass is 311 g/mol. The molecule has 0 unspecified atom stereocenters. The molecule has 0 aromatic carbocycles. The van der Waals surface area contributed by atoms with E-state index in [1.807, 2.05) is 0 Å². The van der Waals surface area contributed by atoms with Crippen LogP contribution in [0, 0.1) is 6.04 Å². The van der Waals surface area contributed by atoms with Crippen LogP contribution < -0.4 is 0 Å². The maximum atomic E-state index is 2.90. The smallest absolute Gasteiger partial charge is 0.0566 e. The molecule has 0 aliphatic heterocycles. The quantitative estimate of drug-likeness (QED) is 0.200. The van der Waals surface area contributed by atoms with Crippen LogP contribution in [0.4, 0.5) is 0 Å². The average Bonchev–Trinajstić information content (AvgIpc) is 2.48. The molecule has 1 heteroatoms. The molecule has 0 bridgehead atoms. The van der Waals surface area contributed by atoms with Gasteiger partial charge < -0.3 is 0 Å². The Hall–Kier alpha value is 0.217. The molecule has 0 rings (SSSR count). The number of rotatable bonds is 16. The fourth-order valence-corrected chi connectivity index (χ4v) is 8.52. The van der Waals surface area contributed by atoms with E-state index in [0.717, 1.165) is 0 Å². The zero-order valence-electron chi connectivity index (χ0n) is 15.7. The van der Waals surface area contributed by atoms with Crippen molar-refractivity contribution >= 4 is 8.07 Å². The van der Waals surface area contributed by atoms with Gasteiger partial charge in [0.2, 0.25) is 0 Å². The molecular weight excluding hydrogens is 268 g/mol. The zero-order chi connectivity index (χ0) is 15.8. The van der Waals surface area contributed by atoms with Crippen molar-refractivity contribution in [3.8, 4) is 0 Å². The van der Waals surface area contributed by atoms with Gasteiger partial charge in [-0.2, -0.15) is 0 Å². The van der Waals surface area contributed by atoms with E-state index in [4.69, 9.17) is 0 Å². The molecule has 0 aliphatic rings. The second kappa shape index (κ2) is 15.1. The van der Waals surface area contributed by atoms with Crippen LogP contribution in [0.25, 0.3) is 0 Å². The van der Waals surface area contributed by atoms with E-state index in [1.54, 1.807) is 18.1 Å². The van der Waals surface area contributed by atoms with Crippen LogP contribution in [0.15, 0.2) is 0 Å². The van der Waals surface area contributed by atoms with Gasteiger partial charge in [-0.3, -0.25) is 0 Å². The molecule has 0 atom stereocenters. The first-order chi connectivity index (χ1) is 10.2. The Morgan fingerprint density at radius 1 is 0.524 bits per heavy atom. The summed E-state index contributed by atoms with van der Waals surface area (Å²) in [4.78, 5) is 0. The molecule has 21 heavy (non-hydrogen) atoms. The summed E-state index contributed by atoms with van der Waals surface area (Å²) in [5.74, 6) is 0. The number of unbranched alkanes of at least 4 members (excludes halogenated alkanes) is 8. The van der Waals surface area contributed by atoms with E-state index in [0.29, 0.717) is 0 Å². The zero-order valence-corrected chi connectivity index (χ0v) is 16.7. The lowest BCUT2D eigenvalue weighted by Crippen LogP contribution is -2.35. The summed E-state index contributed by atoms with van der Waals surface area (Å²) in [6, 6.07) is 7.69. The average molecular weight is 312 g/mol. The van der Waals surface area contributed by atoms with Crippen LogP contribution >= 0.6 is 0 Å². The fraction of sp³-hybridized carbons (Fsp3) is 0.950. The highest BCUT2D eigenvalue weighted by Gasteiger charge is 2.30. The molecule has 1 radical (unpaired) electrons. The minimum Gasteiger partial charge on any atom is -0.0654 e. The van der Waals surface area contributed by atoms with Crippen molar-refractivity contribution in [1.29, 1.82) is 0 Å². The molecule has 0 spiro atoms. The first-order valence-electron chi connectivity index (χ1n) is 10.1. The molecule has 0 saturated heterocycles. The van der Waals surface area contributed by atoms with E-state index in [1.165, 1.54) is 77.0 Å². The first kappa shape index (κ1) is 21.2. The Balaban J connectivity index is 4.52. The van der Waals surface area contributed by atoms with Crippen LogP contribution in [-0.4, -0.2) is 8.07 Å². The maximum Gasteiger partial charge on any atom is 0.0566 e. The van der Waals surface area contributed by atoms with E-state index in [2.05, 4.69) is 33.7 Å². The Bertz CT molecular complexity index is 155. The van der Waals surface area contributed by atoms with Gasteiger partial charge in [-0.1, -0.05) is 123 Å². The molecule has 0 heterocycles. The largest absolute Gasteiger partial charge is 0.0654 e. The van der Waals surface area contributed by atoms with E-state index in [9.17, 15) is 0 Å². The topological polar surface area (TPSA) is 0 Å². The van der Waals surface area contributed by atoms with Crippen molar-refractivity contribution in [3.63, 3.8) is 0 Å². The second-order valence-corrected chi connectivity index (χ2v) is 11.7. The van der Waals surface area contributed by atoms with Crippen LogP contribution in [0.3, 0.4) is 0 Å². The van der Waals surface area contributed by atoms with Gasteiger partial charge in [0.05, 0.1) is 8.07 Å². The fourth-order valence-electron chi connectivity index (χ4n) is 3.47. The van der Waals surface area contributed by atoms with Crippen molar-refractivity contribution < 1.29 is 0 Å². The standard InChI is InChI=1S/C20H43Si/c1-5-9-13-17-21(18-14-10-6-2,19-15-11-7-3)20-16-12-8-4/h17H,5-16,18-20H2,1-4H3. The summed E-state index contributed by atoms with van der Waals surface area (Å²) >= 11 is 0. The number of hydrogen-bond donors (Lipinski definition) is 0. The molecule has 0 aromatic rings. The molecule has 0 aromatic heterocycles. The summed E-state index contributed by atoms with van der Waals surface area (Å²) in [5.41, 5.74) is 0. The van der Waals surface area contributed by atoms with Gasteiger partial charge in [0, 0.05) is 0 Å². The highest BCUT2D eigenvalue weighted by Crippen LogP contribution is 2.33. The summed E-state index contributed by atoms with van der Waals surface area (Å²) in [6.45, 7) is 9.37. The molecule has 0 aliphatic carbocycles. The van der Waals surface area contributed by atoms with Gasteiger partial charge in [-0.15, -0.1) is 0 Å². The summed E-state index contributed by atoms with van der Waals surface area (Å²) in [6.07, 6.45) is 17.2. The number of hydrogen-bond acceptors (Lipinski definition) is 0. The predicted octanol–water partition coefficient (Wildman–Crippen LogP) is 7.94. The molecule has 0 saturated carbocycles. The Morgan fingerprint density at radius 2 is 0.905 bits per heavy atom. The van der Waals surface area contributed by atoms with Crippen molar-refractivity contribution in [3.05, 3.63) is 6.04 Å². The van der Waals surface area contributed by atoms with Crippen LogP contribution in [0.5, 0.6) is 0 Å². The molecule has 0 fully saturated rings. The molecule has 0 amide bonds. The predicted molar refractivity (Wildman–Crippen MR) is 103 cm³/mol. The minimum atomic E-state index is -1.07. The van der Waals surface area contributed by atoms with E-state index >= 15 is 0 Å². The van der Waals surface area contributed by atoms with Crippen LogP contribution in [-0.2, 0) is 0 Å². The Morgan fingerprint density at radius 3 is 1.24 bits per heavy atom. The van der Waals surface area contributed by atoms with Gasteiger partial charge >= 0.3 is 0 Å². The van der Waals surface area contributed by atoms with Crippen molar-refractivity contribution in [1.82, 2.24) is 0 Å². The third kappa shape index (κ3) is 11.4. The van der Waals surface area contributed by atoms with Gasteiger partial charge in [-0.25, -0.2) is 0 Å². The van der Waals surface area contributed by atoms with Crippen LogP contribution in [0.1, 0.15) is 105 Å². The lowest BCUT2D eigenvalue weighted by molar-refractivity contribution is 0.709. The van der Waals surface area contributed by atoms with Crippen molar-refractivity contribution in [2.75, 3.05) is 0 Å². The first-order valence-corrected chi connectivity index (χ1v) is 12.8. The van der Waals surface area contributed by atoms with E-state index < -0.39 is 8.07 Å². The molecule has 0 nitrogen and oxygen atoms in total. The van der Waals surface area contributed by atoms with Crippen LogP contribution in [0.2, 0.25) is 18.1 Å². The molecular formula is C20H43Si. The highest BCUT2D eigenvalue weighted by molar-refractivity contribution is 6.83. The summed E-state index contributed by atoms with van der Waals surface area (Å²) < 4.78 is 0. The molecule has 0 N–H and O–H groups in total. The Labute approximate surface area is 137 Å². The molecule has 127 valence electrons. The maximum absolute atomic E-state index is 2.90.